The number of hydrogen-bond donors (Lipinski definition) is 1. The number of thiazole rings is 1. The molecule has 0 saturated carbocycles. The molecule has 0 radical (unpaired) electrons. The van der Waals surface area contributed by atoms with E-state index in [-0.39, 0.29) is 11.7 Å². The van der Waals surface area contributed by atoms with Gasteiger partial charge in [0.1, 0.15) is 28.3 Å². The van der Waals surface area contributed by atoms with Crippen molar-refractivity contribution < 1.29 is 14.3 Å². The van der Waals surface area contributed by atoms with Gasteiger partial charge in [-0.05, 0) is 43.5 Å². The second kappa shape index (κ2) is 9.54. The second-order valence-corrected chi connectivity index (χ2v) is 9.65. The number of carboxylic acid groups (broad SMARTS) is 1. The monoisotopic (exact) mass is 505 g/mol. The first-order valence-electron chi connectivity index (χ1n) is 11.6. The lowest BCUT2D eigenvalue weighted by molar-refractivity contribution is 0.131. The van der Waals surface area contributed by atoms with Crippen LogP contribution in [0.25, 0.3) is 16.9 Å². The number of nitriles is 1. The highest BCUT2D eigenvalue weighted by atomic mass is 32.1. The van der Waals surface area contributed by atoms with Crippen molar-refractivity contribution >= 4 is 34.0 Å². The molecule has 0 atom stereocenters. The summed E-state index contributed by atoms with van der Waals surface area (Å²) in [5, 5.41) is 19.6. The fourth-order valence-corrected chi connectivity index (χ4v) is 5.45. The number of aryl methyl sites for hydroxylation is 1. The quantitative estimate of drug-likeness (QED) is 0.404. The molecule has 0 bridgehead atoms. The lowest BCUT2D eigenvalue weighted by Crippen LogP contribution is -2.37. The number of benzene rings is 1. The lowest BCUT2D eigenvalue weighted by Gasteiger charge is -2.29. The van der Waals surface area contributed by atoms with E-state index in [0.29, 0.717) is 59.3 Å². The van der Waals surface area contributed by atoms with Gasteiger partial charge in [-0.3, -0.25) is 9.38 Å². The van der Waals surface area contributed by atoms with Crippen LogP contribution in [0.15, 0.2) is 36.7 Å². The fourth-order valence-electron chi connectivity index (χ4n) is 4.60. The van der Waals surface area contributed by atoms with Crippen molar-refractivity contribution in [1.29, 1.82) is 5.26 Å². The first-order valence-corrected chi connectivity index (χ1v) is 12.5. The van der Waals surface area contributed by atoms with Crippen LogP contribution in [0.1, 0.15) is 41.9 Å². The van der Waals surface area contributed by atoms with Crippen molar-refractivity contribution in [3.05, 3.63) is 58.7 Å². The maximum atomic E-state index is 13.4. The molecule has 3 aromatic heterocycles. The summed E-state index contributed by atoms with van der Waals surface area (Å²) in [5.41, 5.74) is 3.66. The van der Waals surface area contributed by atoms with Gasteiger partial charge in [0.25, 0.3) is 0 Å². The zero-order valence-electron chi connectivity index (χ0n) is 19.8. The molecule has 1 N–H and O–H groups in total. The number of imidazole rings is 1. The van der Waals surface area contributed by atoms with Gasteiger partial charge in [0, 0.05) is 37.8 Å². The number of hydrogen-bond acceptors (Lipinski definition) is 7. The summed E-state index contributed by atoms with van der Waals surface area (Å²) < 4.78 is 15.4. The number of fused-ring (bicyclic) bond motifs is 1. The predicted molar refractivity (Wildman–Crippen MR) is 134 cm³/mol. The van der Waals surface area contributed by atoms with Crippen LogP contribution >= 0.6 is 11.3 Å². The third kappa shape index (κ3) is 4.24. The summed E-state index contributed by atoms with van der Waals surface area (Å²) in [6, 6.07) is 8.17. The number of nitrogens with zero attached hydrogens (tertiary/aromatic N) is 7. The molecule has 9 nitrogen and oxygen atoms in total. The van der Waals surface area contributed by atoms with Crippen LogP contribution in [0, 0.1) is 17.1 Å². The van der Waals surface area contributed by atoms with Crippen molar-refractivity contribution in [2.45, 2.75) is 32.1 Å². The van der Waals surface area contributed by atoms with Crippen molar-refractivity contribution in [3.63, 3.8) is 0 Å². The minimum Gasteiger partial charge on any atom is -0.465 e. The van der Waals surface area contributed by atoms with Crippen LogP contribution in [0.4, 0.5) is 20.1 Å². The number of aromatic nitrogens is 4. The molecule has 36 heavy (non-hydrogen) atoms. The smallest absolute Gasteiger partial charge is 0.407 e. The summed E-state index contributed by atoms with van der Waals surface area (Å²) in [4.78, 5) is 29.2. The number of amides is 1. The van der Waals surface area contributed by atoms with Gasteiger partial charge >= 0.3 is 6.09 Å². The van der Waals surface area contributed by atoms with E-state index in [1.54, 1.807) is 18.3 Å². The minimum atomic E-state index is -0.886. The van der Waals surface area contributed by atoms with E-state index in [1.807, 2.05) is 29.5 Å². The van der Waals surface area contributed by atoms with Crippen LogP contribution in [0.3, 0.4) is 0 Å². The molecule has 184 valence electrons. The number of halogens is 1. The molecule has 4 aromatic rings. The van der Waals surface area contributed by atoms with E-state index in [9.17, 15) is 19.6 Å². The lowest BCUT2D eigenvalue weighted by atomic mass is 9.94. The third-order valence-electron chi connectivity index (χ3n) is 6.53. The molecular formula is C25H24FN7O2S. The summed E-state index contributed by atoms with van der Waals surface area (Å²) in [7, 11) is 1.89. The molecule has 5 rings (SSSR count). The molecular weight excluding hydrogens is 481 g/mol. The Morgan fingerprint density at radius 2 is 2.00 bits per heavy atom. The second-order valence-electron chi connectivity index (χ2n) is 8.67. The first-order chi connectivity index (χ1) is 17.4. The molecule has 0 aliphatic carbocycles. The van der Waals surface area contributed by atoms with E-state index in [4.69, 9.17) is 9.97 Å². The molecule has 1 saturated heterocycles. The van der Waals surface area contributed by atoms with E-state index >= 15 is 0 Å². The Hall–Kier alpha value is -4.04. The minimum absolute atomic E-state index is 0.158. The number of likely N-dealkylation sites (tertiary alicyclic amines) is 1. The van der Waals surface area contributed by atoms with Crippen LogP contribution in [-0.4, -0.2) is 55.6 Å². The molecule has 1 aliphatic heterocycles. The Morgan fingerprint density at radius 3 is 2.64 bits per heavy atom. The molecule has 0 unspecified atom stereocenters. The van der Waals surface area contributed by atoms with Crippen LogP contribution in [-0.2, 0) is 6.42 Å². The molecule has 1 aromatic carbocycles. The summed E-state index contributed by atoms with van der Waals surface area (Å²) >= 11 is 1.27. The highest BCUT2D eigenvalue weighted by Crippen LogP contribution is 2.37. The van der Waals surface area contributed by atoms with Gasteiger partial charge in [-0.25, -0.2) is 19.2 Å². The highest BCUT2D eigenvalue weighted by Gasteiger charge is 2.26. The van der Waals surface area contributed by atoms with E-state index < -0.39 is 6.09 Å². The van der Waals surface area contributed by atoms with E-state index in [1.165, 1.54) is 28.4 Å². The van der Waals surface area contributed by atoms with Gasteiger partial charge in [0.2, 0.25) is 0 Å². The predicted octanol–water partition coefficient (Wildman–Crippen LogP) is 5.05. The van der Waals surface area contributed by atoms with E-state index in [2.05, 4.69) is 11.1 Å². The van der Waals surface area contributed by atoms with Gasteiger partial charge in [-0.1, -0.05) is 18.3 Å². The van der Waals surface area contributed by atoms with Crippen molar-refractivity contribution in [2.24, 2.45) is 0 Å². The SMILES string of the molecule is CCc1nc2cnc(C3CCN(C(=O)O)CC3)cn2c1N(C)c1nc(-c2ccc(F)cc2)c(C#N)s1. The number of carbonyl (C=O) groups is 1. The molecule has 1 fully saturated rings. The van der Waals surface area contributed by atoms with Crippen LogP contribution in [0.5, 0.6) is 0 Å². The Labute approximate surface area is 211 Å². The first kappa shape index (κ1) is 23.7. The van der Waals surface area contributed by atoms with Gasteiger partial charge in [0.05, 0.1) is 17.6 Å². The Morgan fingerprint density at radius 1 is 1.28 bits per heavy atom. The maximum absolute atomic E-state index is 13.4. The van der Waals surface area contributed by atoms with Gasteiger partial charge in [0.15, 0.2) is 10.8 Å². The largest absolute Gasteiger partial charge is 0.465 e. The molecule has 1 amide bonds. The Kier molecular flexibility index (Phi) is 6.28. The van der Waals surface area contributed by atoms with Gasteiger partial charge in [-0.15, -0.1) is 0 Å². The van der Waals surface area contributed by atoms with Gasteiger partial charge in [-0.2, -0.15) is 5.26 Å². The average Bonchev–Trinajstić information content (AvgIpc) is 3.50. The van der Waals surface area contributed by atoms with Crippen LogP contribution < -0.4 is 4.90 Å². The van der Waals surface area contributed by atoms with Gasteiger partial charge < -0.3 is 14.9 Å². The molecule has 4 heterocycles. The Bertz CT molecular complexity index is 1470. The number of anilines is 2. The Balaban J connectivity index is 1.52. The summed E-state index contributed by atoms with van der Waals surface area (Å²) in [5.74, 6) is 0.648. The zero-order chi connectivity index (χ0) is 25.4. The highest BCUT2D eigenvalue weighted by molar-refractivity contribution is 7.16. The molecule has 11 heteroatoms. The topological polar surface area (TPSA) is 111 Å². The number of rotatable bonds is 5. The standard InChI is InChI=1S/C25H24FN7O2S/c1-3-18-23(31(2)24-30-22(20(12-27)36-24)16-4-6-17(26)7-5-16)33-14-19(28-13-21(33)29-18)15-8-10-32(11-9-15)25(34)35/h4-7,13-15H,3,8-11H2,1-2H3,(H,34,35). The third-order valence-corrected chi connectivity index (χ3v) is 7.57. The van der Waals surface area contributed by atoms with Crippen molar-refractivity contribution in [2.75, 3.05) is 25.0 Å². The average molecular weight is 506 g/mol. The van der Waals surface area contributed by atoms with Crippen molar-refractivity contribution in [1.82, 2.24) is 24.3 Å². The maximum Gasteiger partial charge on any atom is 0.407 e. The molecule has 1 aliphatic rings. The molecule has 0 spiro atoms. The van der Waals surface area contributed by atoms with E-state index in [0.717, 1.165) is 17.2 Å². The zero-order valence-corrected chi connectivity index (χ0v) is 20.7. The fraction of sp³-hybridized carbons (Fsp3) is 0.320. The summed E-state index contributed by atoms with van der Waals surface area (Å²) in [6.45, 7) is 3.00. The van der Waals surface area contributed by atoms with Crippen molar-refractivity contribution in [3.8, 4) is 17.3 Å². The van der Waals surface area contributed by atoms with Crippen LogP contribution in [0.2, 0.25) is 0 Å². The normalized spacial score (nSPS) is 14.2. The number of piperidine rings is 1. The summed E-state index contributed by atoms with van der Waals surface area (Å²) in [6.07, 6.45) is 4.96.